The highest BCUT2D eigenvalue weighted by Gasteiger charge is 2.15. The van der Waals surface area contributed by atoms with E-state index < -0.39 is 0 Å². The van der Waals surface area contributed by atoms with Crippen LogP contribution in [0.1, 0.15) is 23.1 Å². The summed E-state index contributed by atoms with van der Waals surface area (Å²) in [5.41, 5.74) is 3.84. The molecule has 0 aromatic heterocycles. The second-order valence-electron chi connectivity index (χ2n) is 5.33. The van der Waals surface area contributed by atoms with Gasteiger partial charge in [-0.05, 0) is 37.5 Å². The van der Waals surface area contributed by atoms with Gasteiger partial charge in [0, 0.05) is 28.4 Å². The van der Waals surface area contributed by atoms with Gasteiger partial charge in [-0.3, -0.25) is 4.99 Å². The summed E-state index contributed by atoms with van der Waals surface area (Å²) in [7, 11) is 0. The van der Waals surface area contributed by atoms with Crippen molar-refractivity contribution in [1.82, 2.24) is 5.32 Å². The van der Waals surface area contributed by atoms with Crippen molar-refractivity contribution in [2.45, 2.75) is 30.1 Å². The molecule has 0 saturated heterocycles. The first-order valence-electron chi connectivity index (χ1n) is 7.37. The molecular formula is C18H20N2S. The zero-order valence-electron chi connectivity index (χ0n) is 12.5. The molecule has 1 N–H and O–H groups in total. The number of hydrogen-bond donors (Lipinski definition) is 1. The van der Waals surface area contributed by atoms with Gasteiger partial charge in [0.2, 0.25) is 0 Å². The Morgan fingerprint density at radius 3 is 2.57 bits per heavy atom. The number of hydrogen-bond acceptors (Lipinski definition) is 3. The zero-order chi connectivity index (χ0) is 14.7. The Kier molecular flexibility index (Phi) is 4.30. The number of nitrogens with one attached hydrogen (secondary N) is 1. The molecular weight excluding hydrogens is 276 g/mol. The summed E-state index contributed by atoms with van der Waals surface area (Å²) in [5.74, 6) is 1.04. The Bertz CT molecular complexity index is 677. The van der Waals surface area contributed by atoms with E-state index >= 15 is 0 Å². The van der Waals surface area contributed by atoms with Crippen LogP contribution in [0.15, 0.2) is 57.2 Å². The summed E-state index contributed by atoms with van der Waals surface area (Å²) in [6.45, 7) is 6.27. The summed E-state index contributed by atoms with van der Waals surface area (Å²) in [4.78, 5) is 7.27. The van der Waals surface area contributed by atoms with Gasteiger partial charge in [0.15, 0.2) is 0 Å². The van der Waals surface area contributed by atoms with Crippen LogP contribution in [0.3, 0.4) is 0 Å². The van der Waals surface area contributed by atoms with E-state index in [1.807, 2.05) is 11.8 Å². The molecule has 1 aliphatic heterocycles. The van der Waals surface area contributed by atoms with E-state index in [1.165, 1.54) is 26.5 Å². The molecule has 0 fully saturated rings. The number of aryl methyl sites for hydroxylation is 2. The van der Waals surface area contributed by atoms with E-state index in [0.717, 1.165) is 25.3 Å². The van der Waals surface area contributed by atoms with E-state index in [0.29, 0.717) is 0 Å². The number of aliphatic imine (C=N–C) groups is 1. The van der Waals surface area contributed by atoms with Crippen LogP contribution in [0.25, 0.3) is 0 Å². The van der Waals surface area contributed by atoms with Crippen molar-refractivity contribution in [2.24, 2.45) is 4.99 Å². The van der Waals surface area contributed by atoms with Gasteiger partial charge in [-0.15, -0.1) is 0 Å². The normalized spacial score (nSPS) is 14.5. The Balaban J connectivity index is 2.01. The maximum atomic E-state index is 4.66. The third-order valence-corrected chi connectivity index (χ3v) is 5.09. The van der Waals surface area contributed by atoms with E-state index in [4.69, 9.17) is 0 Å². The van der Waals surface area contributed by atoms with Gasteiger partial charge in [-0.25, -0.2) is 0 Å². The molecule has 3 rings (SSSR count). The smallest absolute Gasteiger partial charge is 0.129 e. The zero-order valence-corrected chi connectivity index (χ0v) is 13.3. The highest BCUT2D eigenvalue weighted by molar-refractivity contribution is 7.99. The first kappa shape index (κ1) is 14.2. The molecule has 0 aliphatic carbocycles. The van der Waals surface area contributed by atoms with Crippen molar-refractivity contribution >= 4 is 17.6 Å². The predicted octanol–water partition coefficient (Wildman–Crippen LogP) is 4.19. The Labute approximate surface area is 130 Å². The summed E-state index contributed by atoms with van der Waals surface area (Å²) in [6.07, 6.45) is 1.12. The lowest BCUT2D eigenvalue weighted by atomic mass is 10.1. The molecule has 108 valence electrons. The lowest BCUT2D eigenvalue weighted by molar-refractivity contribution is 0.741. The van der Waals surface area contributed by atoms with Crippen molar-refractivity contribution < 1.29 is 0 Å². The Morgan fingerprint density at radius 2 is 1.81 bits per heavy atom. The number of rotatable bonds is 3. The van der Waals surface area contributed by atoms with Gasteiger partial charge in [-0.2, -0.15) is 0 Å². The lowest BCUT2D eigenvalue weighted by Gasteiger charge is -2.19. The van der Waals surface area contributed by atoms with Crippen LogP contribution in [-0.2, 0) is 0 Å². The molecule has 2 nitrogen and oxygen atoms in total. The largest absolute Gasteiger partial charge is 0.370 e. The second kappa shape index (κ2) is 6.35. The molecule has 0 atom stereocenters. The number of benzene rings is 2. The van der Waals surface area contributed by atoms with Crippen molar-refractivity contribution in [2.75, 3.05) is 13.1 Å². The van der Waals surface area contributed by atoms with Crippen LogP contribution in [0.5, 0.6) is 0 Å². The summed E-state index contributed by atoms with van der Waals surface area (Å²) >= 11 is 1.84. The molecule has 0 radical (unpaired) electrons. The monoisotopic (exact) mass is 296 g/mol. The number of nitrogens with zero attached hydrogens (tertiary/aromatic N) is 1. The first-order valence-corrected chi connectivity index (χ1v) is 8.19. The summed E-state index contributed by atoms with van der Waals surface area (Å²) in [6, 6.07) is 15.0. The molecule has 1 heterocycles. The van der Waals surface area contributed by atoms with Gasteiger partial charge >= 0.3 is 0 Å². The first-order chi connectivity index (χ1) is 10.3. The van der Waals surface area contributed by atoms with Crippen molar-refractivity contribution in [3.8, 4) is 0 Å². The van der Waals surface area contributed by atoms with Crippen LogP contribution < -0.4 is 5.32 Å². The van der Waals surface area contributed by atoms with Gasteiger partial charge in [0.25, 0.3) is 0 Å². The van der Waals surface area contributed by atoms with Crippen molar-refractivity contribution in [3.05, 3.63) is 59.2 Å². The summed E-state index contributed by atoms with van der Waals surface area (Å²) in [5, 5.41) is 3.44. The summed E-state index contributed by atoms with van der Waals surface area (Å²) < 4.78 is 0. The second-order valence-corrected chi connectivity index (χ2v) is 6.38. The molecule has 0 spiro atoms. The third-order valence-electron chi connectivity index (χ3n) is 3.67. The Hall–Kier alpha value is -1.74. The average Bonchev–Trinajstić information content (AvgIpc) is 2.52. The molecule has 0 bridgehead atoms. The fraction of sp³-hybridized carbons (Fsp3) is 0.278. The average molecular weight is 296 g/mol. The van der Waals surface area contributed by atoms with Crippen LogP contribution in [0, 0.1) is 13.8 Å². The maximum Gasteiger partial charge on any atom is 0.129 e. The highest BCUT2D eigenvalue weighted by Crippen LogP contribution is 2.35. The standard InChI is InChI=1S/C18H20N2S/c1-13-7-3-4-10-16(13)21-17-14(2)8-5-9-15(17)18-19-11-6-12-20-18/h3-5,7-10H,6,11-12H2,1-2H3,(H,19,20). The maximum absolute atomic E-state index is 4.66. The van der Waals surface area contributed by atoms with Crippen molar-refractivity contribution in [3.63, 3.8) is 0 Å². The van der Waals surface area contributed by atoms with E-state index in [9.17, 15) is 0 Å². The minimum atomic E-state index is 0.921. The fourth-order valence-corrected chi connectivity index (χ4v) is 3.57. The van der Waals surface area contributed by atoms with E-state index in [1.54, 1.807) is 0 Å². The Morgan fingerprint density at radius 1 is 1.00 bits per heavy atom. The molecule has 0 unspecified atom stereocenters. The highest BCUT2D eigenvalue weighted by atomic mass is 32.2. The minimum absolute atomic E-state index is 0.921. The minimum Gasteiger partial charge on any atom is -0.370 e. The molecule has 0 amide bonds. The fourth-order valence-electron chi connectivity index (χ4n) is 2.47. The van der Waals surface area contributed by atoms with Crippen LogP contribution in [-0.4, -0.2) is 18.9 Å². The van der Waals surface area contributed by atoms with E-state index in [2.05, 4.69) is 66.6 Å². The SMILES string of the molecule is Cc1ccccc1Sc1c(C)cccc1C1=NCCCN1. The van der Waals surface area contributed by atoms with Crippen molar-refractivity contribution in [1.29, 1.82) is 0 Å². The molecule has 2 aromatic rings. The lowest BCUT2D eigenvalue weighted by Crippen LogP contribution is -2.30. The molecule has 3 heteroatoms. The van der Waals surface area contributed by atoms with Gasteiger partial charge in [0.05, 0.1) is 0 Å². The van der Waals surface area contributed by atoms with Crippen LogP contribution >= 0.6 is 11.8 Å². The molecule has 2 aromatic carbocycles. The molecule has 21 heavy (non-hydrogen) atoms. The van der Waals surface area contributed by atoms with E-state index in [-0.39, 0.29) is 0 Å². The quantitative estimate of drug-likeness (QED) is 0.918. The molecule has 1 aliphatic rings. The third kappa shape index (κ3) is 3.13. The molecule has 0 saturated carbocycles. The number of amidine groups is 1. The van der Waals surface area contributed by atoms with Gasteiger partial charge in [0.1, 0.15) is 5.84 Å². The predicted molar refractivity (Wildman–Crippen MR) is 90.5 cm³/mol. The van der Waals surface area contributed by atoms with Crippen LogP contribution in [0.4, 0.5) is 0 Å². The van der Waals surface area contributed by atoms with Crippen LogP contribution in [0.2, 0.25) is 0 Å². The van der Waals surface area contributed by atoms with Gasteiger partial charge < -0.3 is 5.32 Å². The van der Waals surface area contributed by atoms with Gasteiger partial charge in [-0.1, -0.05) is 48.2 Å². The topological polar surface area (TPSA) is 24.4 Å².